The van der Waals surface area contributed by atoms with Crippen molar-refractivity contribution < 1.29 is 24.0 Å². The Balaban J connectivity index is 2.55. The predicted octanol–water partition coefficient (Wildman–Crippen LogP) is 4.30. The molecule has 0 saturated heterocycles. The largest absolute Gasteiger partial charge is 0.368 e. The van der Waals surface area contributed by atoms with E-state index in [0.29, 0.717) is 0 Å². The van der Waals surface area contributed by atoms with E-state index in [1.807, 2.05) is 97.9 Å². The van der Waals surface area contributed by atoms with E-state index >= 15 is 0 Å². The highest BCUT2D eigenvalue weighted by Gasteiger charge is 2.67. The molecule has 0 bridgehead atoms. The fraction of sp³-hybridized carbons (Fsp3) is 0.280. The minimum Gasteiger partial charge on any atom is -0.368 e. The van der Waals surface area contributed by atoms with Gasteiger partial charge in [-0.25, -0.2) is 0 Å². The molecule has 3 aromatic rings. The van der Waals surface area contributed by atoms with E-state index < -0.39 is 25.5 Å². The number of hydrogen-bond acceptors (Lipinski definition) is 6. The lowest BCUT2D eigenvalue weighted by Crippen LogP contribution is -2.69. The molecular weight excluding hydrogens is 425 g/mol. The first-order chi connectivity index (χ1) is 15.4. The molecule has 0 aliphatic carbocycles. The second-order valence-corrected chi connectivity index (χ2v) is 8.20. The fourth-order valence-corrected chi connectivity index (χ4v) is 5.29. The number of rotatable bonds is 10. The van der Waals surface area contributed by atoms with Crippen LogP contribution in [-0.2, 0) is 19.4 Å². The first-order valence-electron chi connectivity index (χ1n) is 10.3. The molecule has 4 N–H and O–H groups in total. The molecule has 0 amide bonds. The van der Waals surface area contributed by atoms with Gasteiger partial charge in [-0.15, -0.1) is 0 Å². The van der Waals surface area contributed by atoms with Gasteiger partial charge in [0, 0.05) is 14.2 Å². The van der Waals surface area contributed by atoms with Gasteiger partial charge in [-0.05, 0) is 23.1 Å². The lowest BCUT2D eigenvalue weighted by Gasteiger charge is -2.55. The summed E-state index contributed by atoms with van der Waals surface area (Å²) in [5, 5.41) is 11.8. The van der Waals surface area contributed by atoms with Gasteiger partial charge in [0.05, 0.1) is 5.41 Å². The van der Waals surface area contributed by atoms with E-state index in [9.17, 15) is 10.00 Å². The summed E-state index contributed by atoms with van der Waals surface area (Å²) in [6, 6.07) is 29.2. The van der Waals surface area contributed by atoms with Crippen molar-refractivity contribution in [2.75, 3.05) is 14.2 Å². The minimum atomic E-state index is -2.48. The van der Waals surface area contributed by atoms with E-state index in [1.54, 1.807) is 0 Å². The number of ether oxygens (including phenoxy) is 2. The first kappa shape index (κ1) is 24.5. The third-order valence-electron chi connectivity index (χ3n) is 6.08. The van der Waals surface area contributed by atoms with Crippen LogP contribution in [0.5, 0.6) is 0 Å². The lowest BCUT2D eigenvalue weighted by molar-refractivity contribution is -0.400. The molecule has 3 aromatic carbocycles. The van der Waals surface area contributed by atoms with Gasteiger partial charge in [-0.3, -0.25) is 10.0 Å². The smallest absolute Gasteiger partial charge is 0.318 e. The van der Waals surface area contributed by atoms with Crippen LogP contribution < -0.4 is 5.50 Å². The van der Waals surface area contributed by atoms with Gasteiger partial charge in [-0.2, -0.15) is 0 Å². The molecule has 0 saturated carbocycles. The van der Waals surface area contributed by atoms with Crippen molar-refractivity contribution in [1.29, 1.82) is 0 Å². The maximum absolute atomic E-state index is 11.8. The Kier molecular flexibility index (Phi) is 7.80. The molecule has 0 spiro atoms. The molecular formula is C25H30NO5P. The maximum Gasteiger partial charge on any atom is 0.318 e. The molecule has 0 aliphatic rings. The van der Waals surface area contributed by atoms with Crippen molar-refractivity contribution in [3.63, 3.8) is 0 Å². The van der Waals surface area contributed by atoms with E-state index in [0.717, 1.165) is 16.7 Å². The van der Waals surface area contributed by atoms with Gasteiger partial charge in [0.25, 0.3) is 8.53 Å². The van der Waals surface area contributed by atoms with E-state index in [-0.39, 0.29) is 6.42 Å². The van der Waals surface area contributed by atoms with Crippen LogP contribution in [0.25, 0.3) is 0 Å². The molecule has 7 heteroatoms. The topological polar surface area (TPSA) is 94.2 Å². The summed E-state index contributed by atoms with van der Waals surface area (Å²) in [7, 11) is 0.317. The number of nitrogens with two attached hydrogens (primary N) is 1. The Hall–Kier alpha value is -2.15. The molecule has 0 fully saturated rings. The predicted molar refractivity (Wildman–Crippen MR) is 126 cm³/mol. The van der Waals surface area contributed by atoms with Gasteiger partial charge in [0.15, 0.2) is 5.60 Å². The average molecular weight is 455 g/mol. The Bertz CT molecular complexity index is 871. The van der Waals surface area contributed by atoms with Crippen LogP contribution >= 0.6 is 8.53 Å². The Morgan fingerprint density at radius 1 is 0.750 bits per heavy atom. The van der Waals surface area contributed by atoms with Gasteiger partial charge in [-0.1, -0.05) is 97.9 Å². The maximum atomic E-state index is 11.8. The van der Waals surface area contributed by atoms with Crippen LogP contribution in [0, 0.1) is 0 Å². The minimum absolute atomic E-state index is 0.246. The normalized spacial score (nSPS) is 16.7. The van der Waals surface area contributed by atoms with E-state index in [1.165, 1.54) is 14.2 Å². The van der Waals surface area contributed by atoms with Gasteiger partial charge >= 0.3 is 5.97 Å². The fourth-order valence-electron chi connectivity index (χ4n) is 4.82. The van der Waals surface area contributed by atoms with Crippen molar-refractivity contribution >= 4 is 8.53 Å². The van der Waals surface area contributed by atoms with Crippen molar-refractivity contribution in [3.05, 3.63) is 108 Å². The standard InChI is InChI=1S/C25H30NO5P/c1-4-23(29-2,25(27,30-3)31-32(26)28)24(20-14-8-5-9-15-20,21-16-10-6-11-17-21)22-18-12-7-13-19-22/h5-19,27-28H,4,26H2,1-3H3. The summed E-state index contributed by atoms with van der Waals surface area (Å²) < 4.78 is 17.3. The second-order valence-electron chi connectivity index (χ2n) is 7.41. The van der Waals surface area contributed by atoms with Crippen molar-refractivity contribution in [3.8, 4) is 0 Å². The van der Waals surface area contributed by atoms with Crippen LogP contribution in [0.1, 0.15) is 30.0 Å². The van der Waals surface area contributed by atoms with Crippen LogP contribution in [-0.4, -0.2) is 35.8 Å². The van der Waals surface area contributed by atoms with Crippen LogP contribution in [0.4, 0.5) is 0 Å². The summed E-state index contributed by atoms with van der Waals surface area (Å²) in [4.78, 5) is 9.98. The molecule has 3 rings (SSSR count). The number of benzene rings is 3. The first-order valence-corrected chi connectivity index (χ1v) is 11.6. The average Bonchev–Trinajstić information content (AvgIpc) is 2.83. The monoisotopic (exact) mass is 455 g/mol. The van der Waals surface area contributed by atoms with Gasteiger partial charge in [0.2, 0.25) is 0 Å². The van der Waals surface area contributed by atoms with Crippen molar-refractivity contribution in [2.45, 2.75) is 30.3 Å². The summed E-state index contributed by atoms with van der Waals surface area (Å²) in [5.74, 6) is -2.40. The summed E-state index contributed by atoms with van der Waals surface area (Å²) >= 11 is 0. The highest BCUT2D eigenvalue weighted by molar-refractivity contribution is 7.43. The lowest BCUT2D eigenvalue weighted by atomic mass is 9.57. The molecule has 6 nitrogen and oxygen atoms in total. The van der Waals surface area contributed by atoms with Gasteiger partial charge < -0.3 is 19.5 Å². The van der Waals surface area contributed by atoms with Crippen molar-refractivity contribution in [1.82, 2.24) is 0 Å². The highest BCUT2D eigenvalue weighted by atomic mass is 31.2. The van der Waals surface area contributed by atoms with Crippen LogP contribution in [0.3, 0.4) is 0 Å². The number of methoxy groups -OCH3 is 2. The molecule has 32 heavy (non-hydrogen) atoms. The molecule has 0 radical (unpaired) electrons. The van der Waals surface area contributed by atoms with Gasteiger partial charge in [0.1, 0.15) is 0 Å². The quantitative estimate of drug-likeness (QED) is 0.240. The zero-order valence-electron chi connectivity index (χ0n) is 18.5. The molecule has 3 unspecified atom stereocenters. The summed E-state index contributed by atoms with van der Waals surface area (Å²) in [5.41, 5.74) is 5.48. The molecule has 170 valence electrons. The van der Waals surface area contributed by atoms with E-state index in [2.05, 4.69) is 0 Å². The van der Waals surface area contributed by atoms with Crippen molar-refractivity contribution in [2.24, 2.45) is 5.50 Å². The van der Waals surface area contributed by atoms with E-state index in [4.69, 9.17) is 19.5 Å². The Labute approximate surface area is 190 Å². The Morgan fingerprint density at radius 3 is 1.38 bits per heavy atom. The Morgan fingerprint density at radius 2 is 1.12 bits per heavy atom. The highest BCUT2D eigenvalue weighted by Crippen LogP contribution is 2.56. The molecule has 0 aromatic heterocycles. The zero-order chi connectivity index (χ0) is 23.2. The molecule has 0 heterocycles. The number of aliphatic hydroxyl groups is 1. The zero-order valence-corrected chi connectivity index (χ0v) is 19.4. The SMILES string of the molecule is CCC(OC)(C(O)(OC)OP(N)O)C(c1ccccc1)(c1ccccc1)c1ccccc1. The molecule has 0 aliphatic heterocycles. The van der Waals surface area contributed by atoms with Crippen LogP contribution in [0.15, 0.2) is 91.0 Å². The number of hydrogen-bond donors (Lipinski definition) is 3. The van der Waals surface area contributed by atoms with Crippen LogP contribution in [0.2, 0.25) is 0 Å². The second kappa shape index (κ2) is 10.2. The third-order valence-corrected chi connectivity index (χ3v) is 6.51. The molecule has 3 atom stereocenters. The third kappa shape index (κ3) is 3.89. The summed E-state index contributed by atoms with van der Waals surface area (Å²) in [6.07, 6.45) is 0.246. The summed E-state index contributed by atoms with van der Waals surface area (Å²) in [6.45, 7) is 1.87.